The highest BCUT2D eigenvalue weighted by molar-refractivity contribution is 7.99. The molecule has 0 fully saturated rings. The molecule has 3 aromatic rings. The molecule has 1 amide bonds. The van der Waals surface area contributed by atoms with Crippen LogP contribution in [0.5, 0.6) is 5.75 Å². The molecule has 0 saturated carbocycles. The van der Waals surface area contributed by atoms with Crippen LogP contribution in [0.15, 0.2) is 46.9 Å². The van der Waals surface area contributed by atoms with E-state index < -0.39 is 0 Å². The van der Waals surface area contributed by atoms with Gasteiger partial charge in [-0.05, 0) is 53.1 Å². The predicted octanol–water partition coefficient (Wildman–Crippen LogP) is 2.40. The minimum Gasteiger partial charge on any atom is -0.508 e. The van der Waals surface area contributed by atoms with Gasteiger partial charge >= 0.3 is 0 Å². The fourth-order valence-electron chi connectivity index (χ4n) is 2.05. The monoisotopic (exact) mass is 361 g/mol. The fraction of sp³-hybridized carbons (Fsp3) is 0.200. The molecule has 0 aliphatic heterocycles. The normalized spacial score (nSPS) is 12.0. The van der Waals surface area contributed by atoms with Crippen LogP contribution >= 0.6 is 23.1 Å². The Morgan fingerprint density at radius 2 is 2.17 bits per heavy atom. The van der Waals surface area contributed by atoms with E-state index in [4.69, 9.17) is 0 Å². The number of hydrogen-bond donors (Lipinski definition) is 2. The topological polar surface area (TPSA) is 92.9 Å². The van der Waals surface area contributed by atoms with Gasteiger partial charge in [0.1, 0.15) is 5.75 Å². The molecule has 2 N–H and O–H groups in total. The zero-order valence-corrected chi connectivity index (χ0v) is 14.4. The first kappa shape index (κ1) is 16.5. The molecule has 7 nitrogen and oxygen atoms in total. The second kappa shape index (κ2) is 7.45. The predicted molar refractivity (Wildman–Crippen MR) is 92.4 cm³/mol. The highest BCUT2D eigenvalue weighted by Crippen LogP contribution is 2.21. The lowest BCUT2D eigenvalue weighted by Crippen LogP contribution is -2.27. The van der Waals surface area contributed by atoms with E-state index in [1.54, 1.807) is 35.6 Å². The first-order chi connectivity index (χ1) is 11.6. The van der Waals surface area contributed by atoms with Crippen LogP contribution in [0, 0.1) is 0 Å². The number of carbonyl (C=O) groups is 1. The summed E-state index contributed by atoms with van der Waals surface area (Å²) in [6.45, 7) is 1.95. The lowest BCUT2D eigenvalue weighted by molar-refractivity contribution is -0.119. The van der Waals surface area contributed by atoms with Crippen molar-refractivity contribution in [2.75, 3.05) is 5.75 Å². The number of nitrogens with one attached hydrogen (secondary N) is 1. The first-order valence-corrected chi connectivity index (χ1v) is 9.03. The molecule has 0 spiro atoms. The van der Waals surface area contributed by atoms with Crippen LogP contribution in [0.1, 0.15) is 17.8 Å². The molecule has 2 aromatic heterocycles. The molecule has 1 aromatic carbocycles. The van der Waals surface area contributed by atoms with E-state index in [0.29, 0.717) is 10.8 Å². The van der Waals surface area contributed by atoms with Gasteiger partial charge in [0.05, 0.1) is 17.5 Å². The summed E-state index contributed by atoms with van der Waals surface area (Å²) in [5.41, 5.74) is 0.715. The zero-order chi connectivity index (χ0) is 16.9. The zero-order valence-electron chi connectivity index (χ0n) is 12.8. The molecular weight excluding hydrogens is 346 g/mol. The average molecular weight is 361 g/mol. The lowest BCUT2D eigenvalue weighted by Gasteiger charge is -2.11. The fourth-order valence-corrected chi connectivity index (χ4v) is 3.48. The maximum absolute atomic E-state index is 12.1. The highest BCUT2D eigenvalue weighted by atomic mass is 32.2. The van der Waals surface area contributed by atoms with Crippen molar-refractivity contribution in [3.63, 3.8) is 0 Å². The third-order valence-electron chi connectivity index (χ3n) is 3.21. The van der Waals surface area contributed by atoms with Crippen LogP contribution in [0.3, 0.4) is 0 Å². The van der Waals surface area contributed by atoms with Crippen LogP contribution in [0.2, 0.25) is 0 Å². The standard InChI is InChI=1S/C15H15N5O2S2/c1-10(13-3-2-8-23-13)16-14(22)9-24-15-17-18-19-20(15)11-4-6-12(21)7-5-11/h2-8,10,21H,9H2,1H3,(H,16,22). The summed E-state index contributed by atoms with van der Waals surface area (Å²) < 4.78 is 1.53. The number of thioether (sulfide) groups is 1. The highest BCUT2D eigenvalue weighted by Gasteiger charge is 2.14. The molecular formula is C15H15N5O2S2. The number of thiophene rings is 1. The van der Waals surface area contributed by atoms with Crippen molar-refractivity contribution < 1.29 is 9.90 Å². The molecule has 24 heavy (non-hydrogen) atoms. The summed E-state index contributed by atoms with van der Waals surface area (Å²) in [6.07, 6.45) is 0. The van der Waals surface area contributed by atoms with Gasteiger partial charge in [0.2, 0.25) is 11.1 Å². The number of benzene rings is 1. The van der Waals surface area contributed by atoms with Crippen molar-refractivity contribution in [3.8, 4) is 11.4 Å². The number of aromatic hydroxyl groups is 1. The average Bonchev–Trinajstić information content (AvgIpc) is 3.25. The van der Waals surface area contributed by atoms with Gasteiger partial charge in [0.15, 0.2) is 0 Å². The summed E-state index contributed by atoms with van der Waals surface area (Å²) >= 11 is 2.87. The van der Waals surface area contributed by atoms with E-state index >= 15 is 0 Å². The van der Waals surface area contributed by atoms with Crippen molar-refractivity contribution in [3.05, 3.63) is 46.7 Å². The van der Waals surface area contributed by atoms with Crippen molar-refractivity contribution in [2.45, 2.75) is 18.1 Å². The molecule has 0 aliphatic carbocycles. The smallest absolute Gasteiger partial charge is 0.230 e. The molecule has 0 radical (unpaired) electrons. The number of amides is 1. The van der Waals surface area contributed by atoms with Gasteiger partial charge in [-0.15, -0.1) is 16.4 Å². The van der Waals surface area contributed by atoms with Gasteiger partial charge in [0.25, 0.3) is 0 Å². The molecule has 1 atom stereocenters. The van der Waals surface area contributed by atoms with Gasteiger partial charge in [-0.3, -0.25) is 4.79 Å². The van der Waals surface area contributed by atoms with Gasteiger partial charge in [-0.2, -0.15) is 4.68 Å². The van der Waals surface area contributed by atoms with Crippen molar-refractivity contribution >= 4 is 29.0 Å². The first-order valence-electron chi connectivity index (χ1n) is 7.17. The molecule has 0 aliphatic rings. The Kier molecular flexibility index (Phi) is 5.11. The van der Waals surface area contributed by atoms with Crippen molar-refractivity contribution in [1.29, 1.82) is 0 Å². The third-order valence-corrected chi connectivity index (χ3v) is 5.19. The summed E-state index contributed by atoms with van der Waals surface area (Å²) in [7, 11) is 0. The Morgan fingerprint density at radius 1 is 1.38 bits per heavy atom. The lowest BCUT2D eigenvalue weighted by atomic mass is 10.3. The molecule has 124 valence electrons. The third kappa shape index (κ3) is 3.92. The number of aromatic nitrogens is 4. The number of tetrazole rings is 1. The Hall–Kier alpha value is -2.39. The number of nitrogens with zero attached hydrogens (tertiary/aromatic N) is 4. The van der Waals surface area contributed by atoms with E-state index in [-0.39, 0.29) is 23.5 Å². The summed E-state index contributed by atoms with van der Waals surface area (Å²) in [5, 5.41) is 26.3. The second-order valence-electron chi connectivity index (χ2n) is 4.98. The maximum Gasteiger partial charge on any atom is 0.230 e. The SMILES string of the molecule is CC(NC(=O)CSc1nnnn1-c1ccc(O)cc1)c1cccs1. The molecule has 1 unspecified atom stereocenters. The van der Waals surface area contributed by atoms with Gasteiger partial charge in [0, 0.05) is 4.88 Å². The summed E-state index contributed by atoms with van der Waals surface area (Å²) in [4.78, 5) is 13.2. The molecule has 0 bridgehead atoms. The van der Waals surface area contributed by atoms with Crippen molar-refractivity contribution in [2.24, 2.45) is 0 Å². The Bertz CT molecular complexity index is 802. The summed E-state index contributed by atoms with van der Waals surface area (Å²) in [5.74, 6) is 0.304. The van der Waals surface area contributed by atoms with Gasteiger partial charge in [-0.25, -0.2) is 0 Å². The quantitative estimate of drug-likeness (QED) is 0.655. The maximum atomic E-state index is 12.1. The number of carbonyl (C=O) groups excluding carboxylic acids is 1. The van der Waals surface area contributed by atoms with Crippen LogP contribution in [-0.2, 0) is 4.79 Å². The molecule has 2 heterocycles. The van der Waals surface area contributed by atoms with E-state index in [2.05, 4.69) is 20.8 Å². The van der Waals surface area contributed by atoms with Crippen LogP contribution in [-0.4, -0.2) is 37.0 Å². The second-order valence-corrected chi connectivity index (χ2v) is 6.90. The van der Waals surface area contributed by atoms with Crippen molar-refractivity contribution in [1.82, 2.24) is 25.5 Å². The molecule has 0 saturated heterocycles. The van der Waals surface area contributed by atoms with E-state index in [1.165, 1.54) is 16.4 Å². The number of phenolic OH excluding ortho intramolecular Hbond substituents is 1. The Labute approximate surface area is 146 Å². The number of hydrogen-bond acceptors (Lipinski definition) is 7. The Morgan fingerprint density at radius 3 is 2.88 bits per heavy atom. The number of rotatable bonds is 6. The number of phenols is 1. The van der Waals surface area contributed by atoms with Crippen LogP contribution < -0.4 is 5.32 Å². The molecule has 9 heteroatoms. The van der Waals surface area contributed by atoms with E-state index in [9.17, 15) is 9.90 Å². The van der Waals surface area contributed by atoms with Crippen LogP contribution in [0.4, 0.5) is 0 Å². The largest absolute Gasteiger partial charge is 0.508 e. The Balaban J connectivity index is 1.60. The van der Waals surface area contributed by atoms with E-state index in [0.717, 1.165) is 4.88 Å². The minimum absolute atomic E-state index is 0.0220. The summed E-state index contributed by atoms with van der Waals surface area (Å²) in [6, 6.07) is 10.5. The van der Waals surface area contributed by atoms with Crippen LogP contribution in [0.25, 0.3) is 5.69 Å². The molecule has 3 rings (SSSR count). The van der Waals surface area contributed by atoms with Gasteiger partial charge < -0.3 is 10.4 Å². The minimum atomic E-state index is -0.0823. The van der Waals surface area contributed by atoms with Gasteiger partial charge in [-0.1, -0.05) is 17.8 Å². The van der Waals surface area contributed by atoms with E-state index in [1.807, 2.05) is 24.4 Å².